The van der Waals surface area contributed by atoms with E-state index in [4.69, 9.17) is 4.74 Å². The number of hydrogen-bond acceptors (Lipinski definition) is 7. The van der Waals surface area contributed by atoms with Crippen LogP contribution in [0.3, 0.4) is 0 Å². The highest BCUT2D eigenvalue weighted by Gasteiger charge is 2.25. The Morgan fingerprint density at radius 2 is 1.84 bits per heavy atom. The number of carbonyl (C=O) groups excluding carboxylic acids is 4. The molecular weight excluding hydrogens is 497 g/mol. The molecule has 0 aliphatic heterocycles. The zero-order chi connectivity index (χ0) is 26.9. The maximum Gasteiger partial charge on any atom is 0.313 e. The maximum atomic E-state index is 14.1. The summed E-state index contributed by atoms with van der Waals surface area (Å²) in [5.41, 5.74) is 0.898. The van der Waals surface area contributed by atoms with Crippen molar-refractivity contribution in [1.82, 2.24) is 20.6 Å². The van der Waals surface area contributed by atoms with Crippen LogP contribution in [0, 0.1) is 17.5 Å². The van der Waals surface area contributed by atoms with Gasteiger partial charge in [0, 0.05) is 17.7 Å². The number of aldehydes is 1. The molecule has 0 bridgehead atoms. The molecule has 194 valence electrons. The number of carbonyl (C=O) groups is 4. The average Bonchev–Trinajstić information content (AvgIpc) is 3.36. The Morgan fingerprint density at radius 3 is 2.54 bits per heavy atom. The SMILES string of the molecule is CC(CC(=O)Oc1c(F)cc(F)c(F)c1OCC=O)NC(=O)CNC(=O)c1cnc(-c2ccccc2)[nH]1. The fourth-order valence-corrected chi connectivity index (χ4v) is 3.12. The molecule has 0 fully saturated rings. The second-order valence-corrected chi connectivity index (χ2v) is 7.63. The molecule has 1 heterocycles. The van der Waals surface area contributed by atoms with Gasteiger partial charge in [-0.1, -0.05) is 30.3 Å². The predicted molar refractivity (Wildman–Crippen MR) is 122 cm³/mol. The molecule has 0 saturated carbocycles. The van der Waals surface area contributed by atoms with Crippen molar-refractivity contribution < 1.29 is 41.8 Å². The number of nitrogens with zero attached hydrogens (tertiary/aromatic N) is 1. The third kappa shape index (κ3) is 7.16. The van der Waals surface area contributed by atoms with Crippen LogP contribution in [0.4, 0.5) is 13.2 Å². The average molecular weight is 518 g/mol. The summed E-state index contributed by atoms with van der Waals surface area (Å²) in [6.07, 6.45) is 1.03. The van der Waals surface area contributed by atoms with E-state index in [9.17, 15) is 32.3 Å². The van der Waals surface area contributed by atoms with E-state index in [0.717, 1.165) is 5.56 Å². The van der Waals surface area contributed by atoms with E-state index in [1.807, 2.05) is 18.2 Å². The monoisotopic (exact) mass is 518 g/mol. The van der Waals surface area contributed by atoms with Gasteiger partial charge in [0.1, 0.15) is 18.1 Å². The fraction of sp³-hybridized carbons (Fsp3) is 0.208. The molecule has 0 spiro atoms. The van der Waals surface area contributed by atoms with Crippen molar-refractivity contribution in [3.63, 3.8) is 0 Å². The standard InChI is InChI=1S/C24H21F3N4O6/c1-13(9-19(34)37-21-16(26)10-15(25)20(27)22(21)36-8-7-32)30-18(33)12-29-24(35)17-11-28-23(31-17)14-5-3-2-4-6-14/h2-7,10-11,13H,8-9,12H2,1H3,(H,28,31)(H,29,35)(H,30,33). The first-order valence-electron chi connectivity index (χ1n) is 10.8. The molecular formula is C24H21F3N4O6. The minimum atomic E-state index is -1.64. The third-order valence-corrected chi connectivity index (χ3v) is 4.75. The van der Waals surface area contributed by atoms with E-state index >= 15 is 0 Å². The Balaban J connectivity index is 1.51. The second kappa shape index (κ2) is 12.3. The van der Waals surface area contributed by atoms with Gasteiger partial charge in [0.2, 0.25) is 23.2 Å². The number of rotatable bonds is 11. The first kappa shape index (κ1) is 26.9. The molecule has 3 aromatic rings. The molecule has 2 amide bonds. The molecule has 1 atom stereocenters. The lowest BCUT2D eigenvalue weighted by Gasteiger charge is -2.15. The van der Waals surface area contributed by atoms with Crippen LogP contribution < -0.4 is 20.1 Å². The molecule has 13 heteroatoms. The quantitative estimate of drug-likeness (QED) is 0.153. The largest absolute Gasteiger partial charge is 0.479 e. The number of aromatic nitrogens is 2. The zero-order valence-electron chi connectivity index (χ0n) is 19.3. The number of amides is 2. The number of H-pyrrole nitrogens is 1. The van der Waals surface area contributed by atoms with Crippen LogP contribution in [-0.4, -0.2) is 53.2 Å². The minimum Gasteiger partial charge on any atom is -0.479 e. The van der Waals surface area contributed by atoms with E-state index in [2.05, 4.69) is 25.3 Å². The lowest BCUT2D eigenvalue weighted by molar-refractivity contribution is -0.135. The molecule has 0 saturated heterocycles. The van der Waals surface area contributed by atoms with Crippen molar-refractivity contribution in [1.29, 1.82) is 0 Å². The van der Waals surface area contributed by atoms with Crippen molar-refractivity contribution >= 4 is 24.1 Å². The number of nitrogens with one attached hydrogen (secondary N) is 3. The molecule has 0 aliphatic rings. The van der Waals surface area contributed by atoms with Crippen LogP contribution in [0.5, 0.6) is 11.5 Å². The lowest BCUT2D eigenvalue weighted by atomic mass is 10.2. The van der Waals surface area contributed by atoms with E-state index in [0.29, 0.717) is 5.82 Å². The Labute approximate surface area is 208 Å². The topological polar surface area (TPSA) is 139 Å². The molecule has 37 heavy (non-hydrogen) atoms. The molecule has 1 unspecified atom stereocenters. The van der Waals surface area contributed by atoms with Gasteiger partial charge in [0.25, 0.3) is 5.91 Å². The minimum absolute atomic E-state index is 0.129. The summed E-state index contributed by atoms with van der Waals surface area (Å²) < 4.78 is 50.9. The van der Waals surface area contributed by atoms with Gasteiger partial charge in [-0.3, -0.25) is 19.2 Å². The van der Waals surface area contributed by atoms with Crippen LogP contribution in [0.1, 0.15) is 23.8 Å². The van der Waals surface area contributed by atoms with Crippen LogP contribution in [0.15, 0.2) is 42.6 Å². The van der Waals surface area contributed by atoms with Crippen LogP contribution in [0.25, 0.3) is 11.4 Å². The van der Waals surface area contributed by atoms with Gasteiger partial charge in [0.05, 0.1) is 19.2 Å². The predicted octanol–water partition coefficient (Wildman–Crippen LogP) is 2.30. The number of imidazole rings is 1. The van der Waals surface area contributed by atoms with E-state index in [1.54, 1.807) is 12.1 Å². The van der Waals surface area contributed by atoms with Crippen molar-refractivity contribution in [3.05, 3.63) is 65.7 Å². The molecule has 3 N–H and O–H groups in total. The molecule has 0 aliphatic carbocycles. The molecule has 2 aromatic carbocycles. The van der Waals surface area contributed by atoms with Crippen molar-refractivity contribution in [2.24, 2.45) is 0 Å². The highest BCUT2D eigenvalue weighted by molar-refractivity contribution is 5.95. The number of esters is 1. The van der Waals surface area contributed by atoms with Crippen LogP contribution in [-0.2, 0) is 14.4 Å². The number of ether oxygens (including phenoxy) is 2. The normalized spacial score (nSPS) is 11.4. The van der Waals surface area contributed by atoms with Gasteiger partial charge in [0.15, 0.2) is 17.9 Å². The van der Waals surface area contributed by atoms with Crippen LogP contribution in [0.2, 0.25) is 0 Å². The van der Waals surface area contributed by atoms with Crippen LogP contribution >= 0.6 is 0 Å². The first-order valence-corrected chi connectivity index (χ1v) is 10.8. The summed E-state index contributed by atoms with van der Waals surface area (Å²) in [7, 11) is 0. The highest BCUT2D eigenvalue weighted by Crippen LogP contribution is 2.35. The molecule has 10 nitrogen and oxygen atoms in total. The summed E-state index contributed by atoms with van der Waals surface area (Å²) in [6.45, 7) is 0.251. The van der Waals surface area contributed by atoms with Gasteiger partial charge >= 0.3 is 5.97 Å². The van der Waals surface area contributed by atoms with Gasteiger partial charge in [-0.25, -0.2) is 13.8 Å². The summed E-state index contributed by atoms with van der Waals surface area (Å²) >= 11 is 0. The maximum absolute atomic E-state index is 14.1. The van der Waals surface area contributed by atoms with Crippen molar-refractivity contribution in [3.8, 4) is 22.9 Å². The lowest BCUT2D eigenvalue weighted by Crippen LogP contribution is -2.42. The number of halogens is 3. The Kier molecular flexibility index (Phi) is 8.97. The Bertz CT molecular complexity index is 1300. The fourth-order valence-electron chi connectivity index (χ4n) is 3.12. The number of benzene rings is 2. The summed E-state index contributed by atoms with van der Waals surface area (Å²) in [5.74, 6) is -8.66. The zero-order valence-corrected chi connectivity index (χ0v) is 19.3. The molecule has 3 rings (SSSR count). The first-order chi connectivity index (χ1) is 17.7. The van der Waals surface area contributed by atoms with Gasteiger partial charge < -0.3 is 25.1 Å². The second-order valence-electron chi connectivity index (χ2n) is 7.63. The summed E-state index contributed by atoms with van der Waals surface area (Å²) in [6, 6.07) is 8.38. The highest BCUT2D eigenvalue weighted by atomic mass is 19.2. The third-order valence-electron chi connectivity index (χ3n) is 4.75. The summed E-state index contributed by atoms with van der Waals surface area (Å²) in [5, 5.41) is 4.83. The summed E-state index contributed by atoms with van der Waals surface area (Å²) in [4.78, 5) is 54.1. The van der Waals surface area contributed by atoms with E-state index in [1.165, 1.54) is 13.1 Å². The van der Waals surface area contributed by atoms with Gasteiger partial charge in [-0.05, 0) is 6.92 Å². The van der Waals surface area contributed by atoms with E-state index < -0.39 is 72.3 Å². The van der Waals surface area contributed by atoms with Gasteiger partial charge in [-0.2, -0.15) is 4.39 Å². The molecule has 1 aromatic heterocycles. The van der Waals surface area contributed by atoms with Crippen molar-refractivity contribution in [2.45, 2.75) is 19.4 Å². The number of aromatic amines is 1. The van der Waals surface area contributed by atoms with E-state index in [-0.39, 0.29) is 18.0 Å². The van der Waals surface area contributed by atoms with Crippen molar-refractivity contribution in [2.75, 3.05) is 13.2 Å². The molecule has 0 radical (unpaired) electrons. The Hall–Kier alpha value is -4.68. The smallest absolute Gasteiger partial charge is 0.313 e. The Morgan fingerprint density at radius 1 is 1.11 bits per heavy atom. The van der Waals surface area contributed by atoms with Gasteiger partial charge in [-0.15, -0.1) is 0 Å². The number of hydrogen-bond donors (Lipinski definition) is 3.